The van der Waals surface area contributed by atoms with Crippen LogP contribution in [-0.2, 0) is 10.2 Å². The molecule has 1 fully saturated rings. The van der Waals surface area contributed by atoms with E-state index in [-0.39, 0.29) is 11.9 Å². The third-order valence-electron chi connectivity index (χ3n) is 5.92. The van der Waals surface area contributed by atoms with Crippen LogP contribution in [0.4, 0.5) is 15.8 Å². The van der Waals surface area contributed by atoms with E-state index in [1.807, 2.05) is 19.1 Å². The third-order valence-corrected chi connectivity index (χ3v) is 7.82. The van der Waals surface area contributed by atoms with Gasteiger partial charge in [-0.2, -0.15) is 17.0 Å². The van der Waals surface area contributed by atoms with Gasteiger partial charge < -0.3 is 10.7 Å². The molecule has 0 unspecified atom stereocenters. The second-order valence-corrected chi connectivity index (χ2v) is 11.3. The van der Waals surface area contributed by atoms with Crippen molar-refractivity contribution in [3.63, 3.8) is 0 Å². The first kappa shape index (κ1) is 25.3. The summed E-state index contributed by atoms with van der Waals surface area (Å²) in [5.74, 6) is 0.130. The van der Waals surface area contributed by atoms with Crippen LogP contribution in [0.1, 0.15) is 36.6 Å². The number of hydrogen-bond donors (Lipinski definition) is 2. The molecule has 0 radical (unpaired) electrons. The Morgan fingerprint density at radius 1 is 1.21 bits per heavy atom. The van der Waals surface area contributed by atoms with E-state index in [2.05, 4.69) is 24.1 Å². The first-order valence-corrected chi connectivity index (χ1v) is 12.5. The van der Waals surface area contributed by atoms with Gasteiger partial charge in [0.15, 0.2) is 0 Å². The molecule has 0 amide bonds. The molecular formula is C24H34FN5O2S. The van der Waals surface area contributed by atoms with Crippen LogP contribution in [0.25, 0.3) is 0 Å². The van der Waals surface area contributed by atoms with Gasteiger partial charge in [-0.15, -0.1) is 0 Å². The maximum atomic E-state index is 13.3. The van der Waals surface area contributed by atoms with Gasteiger partial charge in [0.1, 0.15) is 5.82 Å². The first-order valence-electron chi connectivity index (χ1n) is 11.1. The third kappa shape index (κ3) is 5.78. The summed E-state index contributed by atoms with van der Waals surface area (Å²) in [6.45, 7) is 8.63. The molecule has 1 heterocycles. The Morgan fingerprint density at radius 3 is 2.45 bits per heavy atom. The number of halogens is 1. The molecule has 1 atom stereocenters. The number of anilines is 2. The van der Waals surface area contributed by atoms with Gasteiger partial charge in [-0.1, -0.05) is 13.8 Å². The van der Waals surface area contributed by atoms with Crippen molar-refractivity contribution in [2.75, 3.05) is 45.6 Å². The lowest BCUT2D eigenvalue weighted by Gasteiger charge is -2.43. The highest BCUT2D eigenvalue weighted by Crippen LogP contribution is 2.33. The number of hydrogen-bond acceptors (Lipinski definition) is 5. The molecule has 0 spiro atoms. The smallest absolute Gasteiger partial charge is 0.281 e. The van der Waals surface area contributed by atoms with E-state index in [1.54, 1.807) is 30.5 Å². The van der Waals surface area contributed by atoms with Crippen molar-refractivity contribution in [3.05, 3.63) is 58.9 Å². The molecule has 9 heteroatoms. The Kier molecular flexibility index (Phi) is 7.89. The van der Waals surface area contributed by atoms with E-state index in [1.165, 1.54) is 22.7 Å². The number of nitrogens with one attached hydrogen (secondary N) is 2. The van der Waals surface area contributed by atoms with E-state index in [0.717, 1.165) is 29.0 Å². The standard InChI is InChI=1S/C24H34FN5O2S/c1-17(2)15-29-10-11-30(33(31,32)28(4)5)16-24(29)22-13-19(14-26)23(12-18(22)3)27-21-8-6-20(25)7-9-21/h6-9,12-14,17,24,26-27H,10-11,15-16H2,1-5H3/t24-/m1/s1. The number of rotatable bonds is 8. The highest BCUT2D eigenvalue weighted by Gasteiger charge is 2.36. The van der Waals surface area contributed by atoms with Crippen LogP contribution in [0.3, 0.4) is 0 Å². The lowest BCUT2D eigenvalue weighted by atomic mass is 9.94. The van der Waals surface area contributed by atoms with Gasteiger partial charge in [0.05, 0.1) is 0 Å². The summed E-state index contributed by atoms with van der Waals surface area (Å²) in [5.41, 5.74) is 4.19. The summed E-state index contributed by atoms with van der Waals surface area (Å²) in [4.78, 5) is 2.34. The minimum absolute atomic E-state index is 0.116. The monoisotopic (exact) mass is 475 g/mol. The fourth-order valence-corrected chi connectivity index (χ4v) is 5.34. The molecule has 0 aromatic heterocycles. The van der Waals surface area contributed by atoms with Crippen LogP contribution >= 0.6 is 0 Å². The maximum Gasteiger partial charge on any atom is 0.281 e. The lowest BCUT2D eigenvalue weighted by molar-refractivity contribution is 0.102. The summed E-state index contributed by atoms with van der Waals surface area (Å²) >= 11 is 0. The van der Waals surface area contributed by atoms with Crippen molar-refractivity contribution in [3.8, 4) is 0 Å². The Balaban J connectivity index is 1.98. The van der Waals surface area contributed by atoms with Gasteiger partial charge in [0.2, 0.25) is 0 Å². The quantitative estimate of drug-likeness (QED) is 0.566. The zero-order chi connectivity index (χ0) is 24.3. The predicted octanol–water partition coefficient (Wildman–Crippen LogP) is 4.00. The first-order chi connectivity index (χ1) is 15.5. The molecule has 1 aliphatic rings. The fraction of sp³-hybridized carbons (Fsp3) is 0.458. The number of piperazine rings is 1. The number of benzene rings is 2. The average molecular weight is 476 g/mol. The summed E-state index contributed by atoms with van der Waals surface area (Å²) in [6.07, 6.45) is 1.29. The van der Waals surface area contributed by atoms with Crippen molar-refractivity contribution in [1.82, 2.24) is 13.5 Å². The minimum atomic E-state index is -3.52. The predicted molar refractivity (Wildman–Crippen MR) is 132 cm³/mol. The van der Waals surface area contributed by atoms with Crippen LogP contribution in [0.5, 0.6) is 0 Å². The zero-order valence-corrected chi connectivity index (χ0v) is 20.8. The van der Waals surface area contributed by atoms with E-state index < -0.39 is 10.2 Å². The number of nitrogens with zero attached hydrogens (tertiary/aromatic N) is 3. The Labute approximate surface area is 196 Å². The Hall–Kier alpha value is -2.33. The molecule has 180 valence electrons. The molecule has 1 saturated heterocycles. The normalized spacial score (nSPS) is 18.1. The zero-order valence-electron chi connectivity index (χ0n) is 20.0. The molecule has 0 aliphatic carbocycles. The minimum Gasteiger partial charge on any atom is -0.355 e. The molecule has 1 aliphatic heterocycles. The Morgan fingerprint density at radius 2 is 1.88 bits per heavy atom. The molecule has 7 nitrogen and oxygen atoms in total. The highest BCUT2D eigenvalue weighted by molar-refractivity contribution is 7.86. The van der Waals surface area contributed by atoms with Crippen LogP contribution in [0, 0.1) is 24.1 Å². The highest BCUT2D eigenvalue weighted by atomic mass is 32.2. The van der Waals surface area contributed by atoms with Crippen LogP contribution < -0.4 is 5.32 Å². The number of aryl methyl sites for hydroxylation is 1. The largest absolute Gasteiger partial charge is 0.355 e. The van der Waals surface area contributed by atoms with Gasteiger partial charge >= 0.3 is 0 Å². The molecule has 33 heavy (non-hydrogen) atoms. The molecular weight excluding hydrogens is 441 g/mol. The van der Waals surface area contributed by atoms with Crippen LogP contribution in [0.15, 0.2) is 36.4 Å². The van der Waals surface area contributed by atoms with Gasteiger partial charge in [-0.25, -0.2) is 4.39 Å². The van der Waals surface area contributed by atoms with E-state index in [9.17, 15) is 12.8 Å². The van der Waals surface area contributed by atoms with E-state index >= 15 is 0 Å². The van der Waals surface area contributed by atoms with Crippen LogP contribution in [-0.4, -0.2) is 68.4 Å². The summed E-state index contributed by atoms with van der Waals surface area (Å²) in [7, 11) is -0.412. The van der Waals surface area contributed by atoms with Crippen LogP contribution in [0.2, 0.25) is 0 Å². The summed E-state index contributed by atoms with van der Waals surface area (Å²) in [5, 5.41) is 11.2. The van der Waals surface area contributed by atoms with Crippen molar-refractivity contribution < 1.29 is 12.8 Å². The molecule has 2 aromatic rings. The summed E-state index contributed by atoms with van der Waals surface area (Å²) < 4.78 is 41.8. The van der Waals surface area contributed by atoms with Crippen molar-refractivity contribution in [1.29, 1.82) is 5.41 Å². The second-order valence-electron chi connectivity index (χ2n) is 9.13. The molecule has 0 bridgehead atoms. The van der Waals surface area contributed by atoms with Gasteiger partial charge in [-0.05, 0) is 60.4 Å². The van der Waals surface area contributed by atoms with Gasteiger partial charge in [0.25, 0.3) is 10.2 Å². The fourth-order valence-electron chi connectivity index (χ4n) is 4.24. The SMILES string of the molecule is Cc1cc(Nc2ccc(F)cc2)c(C=N)cc1[C@H]1CN(S(=O)(=O)N(C)C)CCN1CC(C)C. The topological polar surface area (TPSA) is 79.7 Å². The van der Waals surface area contributed by atoms with E-state index in [0.29, 0.717) is 31.1 Å². The molecule has 2 N–H and O–H groups in total. The maximum absolute atomic E-state index is 13.3. The Bertz CT molecular complexity index is 1090. The van der Waals surface area contributed by atoms with E-state index in [4.69, 9.17) is 5.41 Å². The average Bonchev–Trinajstić information content (AvgIpc) is 2.75. The van der Waals surface area contributed by atoms with Crippen molar-refractivity contribution in [2.24, 2.45) is 5.92 Å². The molecule has 2 aromatic carbocycles. The lowest BCUT2D eigenvalue weighted by Crippen LogP contribution is -2.53. The van der Waals surface area contributed by atoms with Crippen molar-refractivity contribution >= 4 is 27.8 Å². The molecule has 0 saturated carbocycles. The van der Waals surface area contributed by atoms with Crippen molar-refractivity contribution in [2.45, 2.75) is 26.8 Å². The summed E-state index contributed by atoms with van der Waals surface area (Å²) in [6, 6.07) is 9.92. The molecule has 3 rings (SSSR count). The van der Waals surface area contributed by atoms with Gasteiger partial charge in [-0.3, -0.25) is 4.90 Å². The second kappa shape index (κ2) is 10.3. The van der Waals surface area contributed by atoms with Gasteiger partial charge in [0, 0.05) is 69.5 Å².